The van der Waals surface area contributed by atoms with Gasteiger partial charge in [0.25, 0.3) is 0 Å². The van der Waals surface area contributed by atoms with E-state index in [-0.39, 0.29) is 6.61 Å². The summed E-state index contributed by atoms with van der Waals surface area (Å²) < 4.78 is 11.0. The Labute approximate surface area is 123 Å². The first kappa shape index (κ1) is 14.7. The SMILES string of the molecule is COc1cc(CO)cc(Cl)c1OCCc1ccccc1. The molecular formula is C16H17ClO3. The number of methoxy groups -OCH3 is 1. The number of aliphatic hydroxyl groups is 1. The molecule has 0 aliphatic carbocycles. The lowest BCUT2D eigenvalue weighted by Gasteiger charge is -2.13. The van der Waals surface area contributed by atoms with E-state index in [1.165, 1.54) is 5.56 Å². The topological polar surface area (TPSA) is 38.7 Å². The summed E-state index contributed by atoms with van der Waals surface area (Å²) in [5, 5.41) is 9.59. The molecule has 0 fully saturated rings. The van der Waals surface area contributed by atoms with Gasteiger partial charge in [-0.05, 0) is 23.3 Å². The van der Waals surface area contributed by atoms with Gasteiger partial charge in [-0.3, -0.25) is 0 Å². The van der Waals surface area contributed by atoms with Crippen LogP contribution < -0.4 is 9.47 Å². The minimum atomic E-state index is -0.0830. The molecule has 0 bridgehead atoms. The third kappa shape index (κ3) is 3.65. The van der Waals surface area contributed by atoms with Crippen LogP contribution >= 0.6 is 11.6 Å². The number of hydrogen-bond donors (Lipinski definition) is 1. The number of rotatable bonds is 6. The van der Waals surface area contributed by atoms with E-state index in [9.17, 15) is 0 Å². The van der Waals surface area contributed by atoms with E-state index in [1.54, 1.807) is 19.2 Å². The van der Waals surface area contributed by atoms with Crippen LogP contribution in [-0.4, -0.2) is 18.8 Å². The van der Waals surface area contributed by atoms with Gasteiger partial charge in [-0.2, -0.15) is 0 Å². The average molecular weight is 293 g/mol. The lowest BCUT2D eigenvalue weighted by atomic mass is 10.2. The fourth-order valence-corrected chi connectivity index (χ4v) is 2.21. The standard InChI is InChI=1S/C16H17ClO3/c1-19-15-10-13(11-18)9-14(17)16(15)20-8-7-12-5-3-2-4-6-12/h2-6,9-10,18H,7-8,11H2,1H3. The molecule has 4 heteroatoms. The van der Waals surface area contributed by atoms with Crippen molar-refractivity contribution < 1.29 is 14.6 Å². The lowest BCUT2D eigenvalue weighted by molar-refractivity contribution is 0.277. The summed E-state index contributed by atoms with van der Waals surface area (Å²) in [6, 6.07) is 13.5. The van der Waals surface area contributed by atoms with Crippen LogP contribution in [-0.2, 0) is 13.0 Å². The summed E-state index contributed by atoms with van der Waals surface area (Å²) in [6.07, 6.45) is 0.794. The van der Waals surface area contributed by atoms with E-state index in [1.807, 2.05) is 18.2 Å². The van der Waals surface area contributed by atoms with Crippen LogP contribution in [0.5, 0.6) is 11.5 Å². The van der Waals surface area contributed by atoms with E-state index in [0.717, 1.165) is 6.42 Å². The zero-order valence-electron chi connectivity index (χ0n) is 11.3. The van der Waals surface area contributed by atoms with Gasteiger partial charge < -0.3 is 14.6 Å². The number of halogens is 1. The molecule has 2 aromatic rings. The molecular weight excluding hydrogens is 276 g/mol. The van der Waals surface area contributed by atoms with Gasteiger partial charge in [0.15, 0.2) is 11.5 Å². The van der Waals surface area contributed by atoms with E-state index >= 15 is 0 Å². The normalized spacial score (nSPS) is 10.3. The predicted octanol–water partition coefficient (Wildman–Crippen LogP) is 3.46. The van der Waals surface area contributed by atoms with Crippen LogP contribution in [0.15, 0.2) is 42.5 Å². The highest BCUT2D eigenvalue weighted by Gasteiger charge is 2.11. The summed E-state index contributed by atoms with van der Waals surface area (Å²) in [6.45, 7) is 0.430. The fraction of sp³-hybridized carbons (Fsp3) is 0.250. The number of aliphatic hydroxyl groups excluding tert-OH is 1. The molecule has 0 saturated carbocycles. The molecule has 3 nitrogen and oxygen atoms in total. The number of hydrogen-bond acceptors (Lipinski definition) is 3. The Kier molecular flexibility index (Phi) is 5.27. The van der Waals surface area contributed by atoms with Gasteiger partial charge in [-0.15, -0.1) is 0 Å². The maximum Gasteiger partial charge on any atom is 0.179 e. The van der Waals surface area contributed by atoms with E-state index in [4.69, 9.17) is 26.2 Å². The molecule has 1 N–H and O–H groups in total. The van der Waals surface area contributed by atoms with E-state index < -0.39 is 0 Å². The second kappa shape index (κ2) is 7.17. The number of ether oxygens (including phenoxy) is 2. The van der Waals surface area contributed by atoms with E-state index in [0.29, 0.717) is 28.7 Å². The van der Waals surface area contributed by atoms with Crippen LogP contribution in [0.4, 0.5) is 0 Å². The molecule has 0 unspecified atom stereocenters. The smallest absolute Gasteiger partial charge is 0.179 e. The molecule has 0 amide bonds. The van der Waals surface area contributed by atoms with Gasteiger partial charge in [-0.1, -0.05) is 41.9 Å². The molecule has 2 aromatic carbocycles. The summed E-state index contributed by atoms with van der Waals surface area (Å²) in [5.41, 5.74) is 1.90. The molecule has 2 rings (SSSR count). The van der Waals surface area contributed by atoms with Crippen LogP contribution in [0.25, 0.3) is 0 Å². The first-order chi connectivity index (χ1) is 9.74. The van der Waals surface area contributed by atoms with Crippen LogP contribution in [0.3, 0.4) is 0 Å². The van der Waals surface area contributed by atoms with Crippen molar-refractivity contribution in [3.05, 3.63) is 58.6 Å². The van der Waals surface area contributed by atoms with Crippen molar-refractivity contribution in [1.82, 2.24) is 0 Å². The van der Waals surface area contributed by atoms with Gasteiger partial charge in [0.05, 0.1) is 25.3 Å². The minimum Gasteiger partial charge on any atom is -0.493 e. The highest BCUT2D eigenvalue weighted by Crippen LogP contribution is 2.36. The van der Waals surface area contributed by atoms with Crippen LogP contribution in [0, 0.1) is 0 Å². The van der Waals surface area contributed by atoms with Gasteiger partial charge in [0.2, 0.25) is 0 Å². The van der Waals surface area contributed by atoms with Crippen molar-refractivity contribution in [2.75, 3.05) is 13.7 Å². The van der Waals surface area contributed by atoms with Gasteiger partial charge in [0.1, 0.15) is 0 Å². The Bertz CT molecular complexity index is 555. The Morgan fingerprint density at radius 3 is 2.50 bits per heavy atom. The minimum absolute atomic E-state index is 0.0830. The second-order valence-electron chi connectivity index (χ2n) is 4.35. The predicted molar refractivity (Wildman–Crippen MR) is 79.6 cm³/mol. The average Bonchev–Trinajstić information content (AvgIpc) is 2.49. The molecule has 0 saturated heterocycles. The zero-order chi connectivity index (χ0) is 14.4. The first-order valence-electron chi connectivity index (χ1n) is 6.38. The Morgan fingerprint density at radius 1 is 1.10 bits per heavy atom. The third-order valence-electron chi connectivity index (χ3n) is 2.95. The summed E-state index contributed by atoms with van der Waals surface area (Å²) in [7, 11) is 1.55. The molecule has 0 atom stereocenters. The lowest BCUT2D eigenvalue weighted by Crippen LogP contribution is -2.03. The highest BCUT2D eigenvalue weighted by molar-refractivity contribution is 6.32. The third-order valence-corrected chi connectivity index (χ3v) is 3.23. The first-order valence-corrected chi connectivity index (χ1v) is 6.76. The van der Waals surface area contributed by atoms with Gasteiger partial charge in [-0.25, -0.2) is 0 Å². The van der Waals surface area contributed by atoms with Crippen LogP contribution in [0.1, 0.15) is 11.1 Å². The zero-order valence-corrected chi connectivity index (χ0v) is 12.1. The maximum atomic E-state index is 9.14. The van der Waals surface area contributed by atoms with Crippen molar-refractivity contribution in [1.29, 1.82) is 0 Å². The van der Waals surface area contributed by atoms with Gasteiger partial charge in [0, 0.05) is 6.42 Å². The van der Waals surface area contributed by atoms with Gasteiger partial charge >= 0.3 is 0 Å². The van der Waals surface area contributed by atoms with Crippen molar-refractivity contribution in [2.45, 2.75) is 13.0 Å². The molecule has 0 radical (unpaired) electrons. The number of benzene rings is 2. The molecule has 0 spiro atoms. The molecule has 106 valence electrons. The molecule has 20 heavy (non-hydrogen) atoms. The quantitative estimate of drug-likeness (QED) is 0.886. The second-order valence-corrected chi connectivity index (χ2v) is 4.76. The summed E-state index contributed by atoms with van der Waals surface area (Å²) in [5.74, 6) is 1.05. The van der Waals surface area contributed by atoms with Crippen molar-refractivity contribution in [3.63, 3.8) is 0 Å². The van der Waals surface area contributed by atoms with E-state index in [2.05, 4.69) is 12.1 Å². The highest BCUT2D eigenvalue weighted by atomic mass is 35.5. The Balaban J connectivity index is 2.05. The van der Waals surface area contributed by atoms with Crippen molar-refractivity contribution >= 4 is 11.6 Å². The summed E-state index contributed by atoms with van der Waals surface area (Å²) >= 11 is 6.16. The summed E-state index contributed by atoms with van der Waals surface area (Å²) in [4.78, 5) is 0. The Hall–Kier alpha value is -1.71. The molecule has 0 aliphatic heterocycles. The van der Waals surface area contributed by atoms with Crippen molar-refractivity contribution in [3.8, 4) is 11.5 Å². The largest absolute Gasteiger partial charge is 0.493 e. The molecule has 0 heterocycles. The van der Waals surface area contributed by atoms with Crippen molar-refractivity contribution in [2.24, 2.45) is 0 Å². The Morgan fingerprint density at radius 2 is 1.85 bits per heavy atom. The monoisotopic (exact) mass is 292 g/mol. The molecule has 0 aliphatic rings. The maximum absolute atomic E-state index is 9.14. The molecule has 0 aromatic heterocycles. The van der Waals surface area contributed by atoms with Crippen LogP contribution in [0.2, 0.25) is 5.02 Å². The fourth-order valence-electron chi connectivity index (χ4n) is 1.92.